The van der Waals surface area contributed by atoms with Crippen LogP contribution in [-0.4, -0.2) is 47.3 Å². The van der Waals surface area contributed by atoms with E-state index in [-0.39, 0.29) is 11.5 Å². The van der Waals surface area contributed by atoms with E-state index in [1.807, 2.05) is 13.1 Å². The van der Waals surface area contributed by atoms with Crippen LogP contribution in [-0.2, 0) is 31.2 Å². The second kappa shape index (κ2) is 9.56. The van der Waals surface area contributed by atoms with Crippen LogP contribution < -0.4 is 10.2 Å². The number of fused-ring (bicyclic) bond motifs is 2. The maximum Gasteiger partial charge on any atom is 0.264 e. The van der Waals surface area contributed by atoms with E-state index in [2.05, 4.69) is 27.4 Å². The lowest BCUT2D eigenvalue weighted by atomic mass is 9.85. The van der Waals surface area contributed by atoms with E-state index >= 15 is 0 Å². The molecule has 0 bridgehead atoms. The van der Waals surface area contributed by atoms with Gasteiger partial charge >= 0.3 is 0 Å². The predicted molar refractivity (Wildman–Crippen MR) is 140 cm³/mol. The van der Waals surface area contributed by atoms with Gasteiger partial charge in [0.25, 0.3) is 6.43 Å². The van der Waals surface area contributed by atoms with E-state index in [0.29, 0.717) is 30.0 Å². The number of carbonyl (C=O) groups excluding carboxylic acids is 1. The third kappa shape index (κ3) is 4.41. The van der Waals surface area contributed by atoms with Crippen molar-refractivity contribution >= 4 is 17.3 Å². The quantitative estimate of drug-likeness (QED) is 0.537. The summed E-state index contributed by atoms with van der Waals surface area (Å²) in [5.74, 6) is 0.565. The Kier molecular flexibility index (Phi) is 6.23. The van der Waals surface area contributed by atoms with Crippen LogP contribution in [0.2, 0.25) is 0 Å². The molecular weight excluding hydrogens is 472 g/mol. The number of hydrogen-bond donors (Lipinski definition) is 1. The van der Waals surface area contributed by atoms with Crippen LogP contribution in [0.4, 0.5) is 20.2 Å². The van der Waals surface area contributed by atoms with E-state index in [9.17, 15) is 13.6 Å². The van der Waals surface area contributed by atoms with Crippen LogP contribution in [0.5, 0.6) is 0 Å². The molecule has 1 saturated heterocycles. The van der Waals surface area contributed by atoms with Gasteiger partial charge in [0.05, 0.1) is 12.6 Å². The molecule has 0 unspecified atom stereocenters. The highest BCUT2D eigenvalue weighted by Crippen LogP contribution is 2.44. The molecule has 0 radical (unpaired) electrons. The molecule has 1 aromatic heterocycles. The number of carbonyl (C=O) groups is 1. The standard InChI is InChI=1S/C29H33F2N5O/c1-34-17-25-21(13-28(34)37)10-20(18-5-7-32-8-6-18)12-27(25)36-9-3-4-19-11-23(22-15-33-35(2)16-22)24(29(30)31)14-26(19)36/h10-12,14-16,18,29,32H,3-9,13,17H2,1-2H3. The summed E-state index contributed by atoms with van der Waals surface area (Å²) in [7, 11) is 3.64. The largest absolute Gasteiger partial charge is 0.341 e. The lowest BCUT2D eigenvalue weighted by Gasteiger charge is -2.37. The number of halogens is 2. The van der Waals surface area contributed by atoms with Crippen molar-refractivity contribution in [3.05, 3.63) is 64.5 Å². The number of benzene rings is 2. The lowest BCUT2D eigenvalue weighted by Crippen LogP contribution is -2.35. The number of nitrogens with zero attached hydrogens (tertiary/aromatic N) is 4. The molecule has 0 spiro atoms. The molecule has 6 nitrogen and oxygen atoms in total. The van der Waals surface area contributed by atoms with Gasteiger partial charge in [-0.15, -0.1) is 0 Å². The zero-order valence-corrected chi connectivity index (χ0v) is 21.4. The Labute approximate surface area is 216 Å². The zero-order valence-electron chi connectivity index (χ0n) is 21.4. The number of likely N-dealkylation sites (N-methyl/N-ethyl adjacent to an activating group) is 1. The second-order valence-electron chi connectivity index (χ2n) is 10.7. The van der Waals surface area contributed by atoms with Gasteiger partial charge in [0.2, 0.25) is 5.91 Å². The average Bonchev–Trinajstić information content (AvgIpc) is 3.34. The summed E-state index contributed by atoms with van der Waals surface area (Å²) in [6.07, 6.45) is 5.15. The van der Waals surface area contributed by atoms with Crippen molar-refractivity contribution in [1.29, 1.82) is 0 Å². The van der Waals surface area contributed by atoms with Crippen LogP contribution in [0.15, 0.2) is 36.7 Å². The smallest absolute Gasteiger partial charge is 0.264 e. The molecule has 37 heavy (non-hydrogen) atoms. The van der Waals surface area contributed by atoms with Crippen molar-refractivity contribution in [2.75, 3.05) is 31.6 Å². The Hall–Kier alpha value is -3.26. The maximum atomic E-state index is 14.4. The highest BCUT2D eigenvalue weighted by Gasteiger charge is 2.31. The molecule has 4 heterocycles. The van der Waals surface area contributed by atoms with Crippen LogP contribution in [0.25, 0.3) is 11.1 Å². The summed E-state index contributed by atoms with van der Waals surface area (Å²) >= 11 is 0. The molecule has 1 amide bonds. The van der Waals surface area contributed by atoms with E-state index < -0.39 is 6.43 Å². The fraction of sp³-hybridized carbons (Fsp3) is 0.448. The molecule has 0 aliphatic carbocycles. The van der Waals surface area contributed by atoms with Gasteiger partial charge < -0.3 is 15.1 Å². The van der Waals surface area contributed by atoms with Crippen LogP contribution in [0.1, 0.15) is 59.4 Å². The second-order valence-corrected chi connectivity index (χ2v) is 10.7. The molecule has 2 aromatic carbocycles. The van der Waals surface area contributed by atoms with E-state index in [0.717, 1.165) is 73.4 Å². The van der Waals surface area contributed by atoms with E-state index in [1.165, 1.54) is 5.56 Å². The highest BCUT2D eigenvalue weighted by molar-refractivity contribution is 5.84. The van der Waals surface area contributed by atoms with E-state index in [4.69, 9.17) is 0 Å². The van der Waals surface area contributed by atoms with Gasteiger partial charge in [-0.1, -0.05) is 6.07 Å². The lowest BCUT2D eigenvalue weighted by molar-refractivity contribution is -0.130. The minimum absolute atomic E-state index is 0.0364. The maximum absolute atomic E-state index is 14.4. The van der Waals surface area contributed by atoms with Gasteiger partial charge in [-0.05, 0) is 90.7 Å². The van der Waals surface area contributed by atoms with Crippen molar-refractivity contribution in [1.82, 2.24) is 20.0 Å². The minimum Gasteiger partial charge on any atom is -0.341 e. The minimum atomic E-state index is -2.59. The number of anilines is 2. The fourth-order valence-corrected chi connectivity index (χ4v) is 6.22. The molecule has 0 atom stereocenters. The van der Waals surface area contributed by atoms with Gasteiger partial charge in [0.15, 0.2) is 0 Å². The number of amides is 1. The Morgan fingerprint density at radius 3 is 2.59 bits per heavy atom. The topological polar surface area (TPSA) is 53.4 Å². The Balaban J connectivity index is 1.50. The summed E-state index contributed by atoms with van der Waals surface area (Å²) in [5.41, 5.74) is 7.80. The third-order valence-electron chi connectivity index (χ3n) is 8.23. The Morgan fingerprint density at radius 1 is 1.05 bits per heavy atom. The molecule has 6 rings (SSSR count). The zero-order chi connectivity index (χ0) is 25.7. The summed E-state index contributed by atoms with van der Waals surface area (Å²) in [5, 5.41) is 7.65. The van der Waals surface area contributed by atoms with Crippen LogP contribution in [0, 0.1) is 0 Å². The third-order valence-corrected chi connectivity index (χ3v) is 8.23. The number of piperidine rings is 1. The van der Waals surface area contributed by atoms with Gasteiger partial charge in [0.1, 0.15) is 0 Å². The number of alkyl halides is 2. The van der Waals surface area contributed by atoms with E-state index in [1.54, 1.807) is 35.1 Å². The first-order chi connectivity index (χ1) is 17.9. The highest BCUT2D eigenvalue weighted by atomic mass is 19.3. The average molecular weight is 506 g/mol. The molecule has 0 saturated carbocycles. The monoisotopic (exact) mass is 505 g/mol. The van der Waals surface area contributed by atoms with Gasteiger partial charge in [-0.2, -0.15) is 5.10 Å². The van der Waals surface area contributed by atoms with Crippen LogP contribution in [0.3, 0.4) is 0 Å². The van der Waals surface area contributed by atoms with Crippen molar-refractivity contribution in [2.45, 2.75) is 51.0 Å². The number of nitrogens with one attached hydrogen (secondary N) is 1. The normalized spacial score (nSPS) is 18.4. The number of aromatic nitrogens is 2. The molecule has 3 aromatic rings. The molecule has 3 aliphatic rings. The predicted octanol–water partition coefficient (Wildman–Crippen LogP) is 5.09. The van der Waals surface area contributed by atoms with Crippen LogP contribution >= 0.6 is 0 Å². The summed E-state index contributed by atoms with van der Waals surface area (Å²) < 4.78 is 30.4. The Morgan fingerprint density at radius 2 is 1.86 bits per heavy atom. The molecule has 8 heteroatoms. The molecule has 1 N–H and O–H groups in total. The molecule has 194 valence electrons. The first-order valence-electron chi connectivity index (χ1n) is 13.2. The number of aryl methyl sites for hydroxylation is 2. The summed E-state index contributed by atoms with van der Waals surface area (Å²) in [6, 6.07) is 8.16. The van der Waals surface area contributed by atoms with Crippen molar-refractivity contribution in [3.8, 4) is 11.1 Å². The van der Waals surface area contributed by atoms with Crippen molar-refractivity contribution in [3.63, 3.8) is 0 Å². The summed E-state index contributed by atoms with van der Waals surface area (Å²) in [6.45, 7) is 3.28. The van der Waals surface area contributed by atoms with Gasteiger partial charge in [-0.25, -0.2) is 8.78 Å². The molecular formula is C29H33F2N5O. The first-order valence-corrected chi connectivity index (χ1v) is 13.2. The fourth-order valence-electron chi connectivity index (χ4n) is 6.22. The molecule has 1 fully saturated rings. The number of hydrogen-bond acceptors (Lipinski definition) is 4. The number of rotatable bonds is 4. The van der Waals surface area contributed by atoms with Gasteiger partial charge in [0, 0.05) is 55.9 Å². The summed E-state index contributed by atoms with van der Waals surface area (Å²) in [4.78, 5) is 16.7. The molecule has 3 aliphatic heterocycles. The van der Waals surface area contributed by atoms with Crippen molar-refractivity contribution < 1.29 is 13.6 Å². The first kappa shape index (κ1) is 24.1. The Bertz CT molecular complexity index is 1340. The SMILES string of the molecule is CN1Cc2c(cc(C3CCNCC3)cc2N2CCCc3cc(-c4cnn(C)c4)c(C(F)F)cc32)CC1=O. The van der Waals surface area contributed by atoms with Gasteiger partial charge in [-0.3, -0.25) is 9.48 Å². The van der Waals surface area contributed by atoms with Crippen molar-refractivity contribution in [2.24, 2.45) is 7.05 Å².